The molecule has 27 nitrogen and oxygen atoms in total. The van der Waals surface area contributed by atoms with Gasteiger partial charge in [0.1, 0.15) is 54.4 Å². The van der Waals surface area contributed by atoms with Gasteiger partial charge in [0.2, 0.25) is 53.2 Å². The molecule has 0 bridgehead atoms. The van der Waals surface area contributed by atoms with E-state index in [4.69, 9.17) is 34.4 Å². The summed E-state index contributed by atoms with van der Waals surface area (Å²) in [6.07, 6.45) is 3.17. The van der Waals surface area contributed by atoms with Crippen molar-refractivity contribution in [3.05, 3.63) is 35.9 Å². The number of carbonyl (C=O) groups is 10. The number of aliphatic hydroxyl groups is 1. The zero-order chi connectivity index (χ0) is 62.6. The molecule has 1 fully saturated rings. The fourth-order valence-corrected chi connectivity index (χ4v) is 11.2. The predicted octanol–water partition coefficient (Wildman–Crippen LogP) is -1.89. The molecule has 11 atom stereocenters. The van der Waals surface area contributed by atoms with Crippen molar-refractivity contribution in [1.82, 2.24) is 47.9 Å². The lowest BCUT2D eigenvalue weighted by Gasteiger charge is -2.29. The summed E-state index contributed by atoms with van der Waals surface area (Å²) in [4.78, 5) is 141. The van der Waals surface area contributed by atoms with Gasteiger partial charge in [-0.05, 0) is 147 Å². The Balaban J connectivity index is 0.0000361. The van der Waals surface area contributed by atoms with E-state index in [1.54, 1.807) is 30.3 Å². The lowest BCUT2D eigenvalue weighted by molar-refractivity contribution is -0.141. The topological polar surface area (TPSA) is 476 Å². The molecule has 85 heavy (non-hydrogen) atoms. The number of aliphatic hydroxyl groups excluding tert-OH is 1. The van der Waals surface area contributed by atoms with Crippen LogP contribution in [0, 0.1) is 5.92 Å². The quantitative estimate of drug-likeness (QED) is 0.0277. The number of carbonyl (C=O) groups excluding carboxylic acids is 9. The number of amides is 9. The highest BCUT2D eigenvalue weighted by molar-refractivity contribution is 8.76. The molecule has 1 aromatic carbocycles. The molecule has 1 aromatic rings. The van der Waals surface area contributed by atoms with Crippen LogP contribution in [-0.4, -0.2) is 180 Å². The van der Waals surface area contributed by atoms with E-state index in [0.717, 1.165) is 21.6 Å². The van der Waals surface area contributed by atoms with Gasteiger partial charge in [0.05, 0.1) is 12.1 Å². The zero-order valence-electron chi connectivity index (χ0n) is 49.0. The van der Waals surface area contributed by atoms with Gasteiger partial charge in [-0.1, -0.05) is 79.6 Å². The van der Waals surface area contributed by atoms with E-state index in [9.17, 15) is 58.2 Å². The van der Waals surface area contributed by atoms with E-state index in [0.29, 0.717) is 76.3 Å². The summed E-state index contributed by atoms with van der Waals surface area (Å²) in [6, 6.07) is -4.82. The van der Waals surface area contributed by atoms with Crippen molar-refractivity contribution in [3.63, 3.8) is 0 Å². The van der Waals surface area contributed by atoms with Gasteiger partial charge in [-0.15, -0.1) is 0 Å². The summed E-state index contributed by atoms with van der Waals surface area (Å²) in [5.74, 6) is -9.57. The summed E-state index contributed by atoms with van der Waals surface area (Å²) in [6.45, 7) is 6.30. The third kappa shape index (κ3) is 30.5. The third-order valence-corrected chi connectivity index (χ3v) is 16.2. The Morgan fingerprint density at radius 2 is 0.988 bits per heavy atom. The van der Waals surface area contributed by atoms with E-state index in [1.807, 2.05) is 13.8 Å². The largest absolute Gasteiger partial charge is 0.480 e. The molecule has 0 saturated carbocycles. The molecule has 1 heterocycles. The van der Waals surface area contributed by atoms with Gasteiger partial charge in [0.25, 0.3) is 0 Å². The SMILES string of the molecule is C.CC(C)C[C@@H]1NC(=O)[C@H](Cc2ccccc2)NC(=O)[C@H](CCCCN)NC(=O)[C@@H](NC(=O)[C@H](CCCCN)NC(=O)[C@@H](NC(=O)[C@@H](N)CCCCN)[C@@H](C)O)CSSC[C@@H](C(=O)O)NC(=O)[C@H](CCCCN)NC(=O)[C@H](CCCCN)NC1=O. The van der Waals surface area contributed by atoms with Crippen LogP contribution in [0.3, 0.4) is 0 Å². The van der Waals surface area contributed by atoms with Crippen LogP contribution in [0.15, 0.2) is 30.3 Å². The fraction of sp³-hybridized carbons (Fsp3) is 0.714. The van der Waals surface area contributed by atoms with Crippen molar-refractivity contribution in [1.29, 1.82) is 0 Å². The predicted molar refractivity (Wildman–Crippen MR) is 330 cm³/mol. The second kappa shape index (κ2) is 43.9. The number of carboxylic acids is 1. The summed E-state index contributed by atoms with van der Waals surface area (Å²) >= 11 is 0. The highest BCUT2D eigenvalue weighted by Gasteiger charge is 2.37. The number of carboxylic acid groups (broad SMARTS) is 1. The first-order valence-electron chi connectivity index (χ1n) is 29.3. The Kier molecular flexibility index (Phi) is 39.9. The fourth-order valence-electron chi connectivity index (χ4n) is 8.87. The maximum atomic E-state index is 14.7. The minimum atomic E-state index is -1.57. The minimum absolute atomic E-state index is 0. The van der Waals surface area contributed by atoms with Gasteiger partial charge < -0.3 is 92.5 Å². The van der Waals surface area contributed by atoms with E-state index < -0.39 is 126 Å². The molecule has 2 rings (SSSR count). The second-order valence-electron chi connectivity index (χ2n) is 21.5. The Labute approximate surface area is 509 Å². The van der Waals surface area contributed by atoms with E-state index in [-0.39, 0.29) is 96.0 Å². The number of benzene rings is 1. The molecular weight excluding hydrogens is 1140 g/mol. The lowest BCUT2D eigenvalue weighted by Crippen LogP contribution is -2.61. The van der Waals surface area contributed by atoms with Gasteiger partial charge in [-0.25, -0.2) is 4.79 Å². The maximum Gasteiger partial charge on any atom is 0.327 e. The zero-order valence-corrected chi connectivity index (χ0v) is 50.7. The van der Waals surface area contributed by atoms with Crippen molar-refractivity contribution in [3.8, 4) is 0 Å². The highest BCUT2D eigenvalue weighted by atomic mass is 33.1. The molecule has 0 spiro atoms. The van der Waals surface area contributed by atoms with Crippen molar-refractivity contribution in [2.45, 2.75) is 204 Å². The second-order valence-corrected chi connectivity index (χ2v) is 24.0. The molecule has 0 aliphatic carbocycles. The standard InChI is InChI=1S/C55H97N15O12S2.CH4/c1-33(2)29-41-51(77)63-37(20-8-13-25-57)47(73)62-39(22-10-15-27-59)50(76)69-44(55(81)82)32-84-83-31-43(53(79)64-38(21-9-14-26-58)48(74)67-42(52(78)66-41)30-35-17-5-4-6-18-35)68-49(75)40(23-11-16-28-60)65-54(80)45(34(3)71)70-46(72)36(61)19-7-12-24-56;/h4-6,17-18,33-34,36-45,71H,7-16,19-32,56-61H2,1-3H3,(H,62,73)(H,63,77)(H,64,79)(H,65,80)(H,66,78)(H,67,74)(H,68,75)(H,69,76)(H,70,72)(H,81,82);1H4/t34-,36+,37+,38+,39+,40+,41+,42+,43+,44+,45+;/m1./s1. The number of nitrogens with one attached hydrogen (secondary N) is 9. The number of rotatable bonds is 32. The van der Waals surface area contributed by atoms with Crippen LogP contribution in [0.2, 0.25) is 0 Å². The molecule has 1 aliphatic heterocycles. The molecule has 0 aromatic heterocycles. The molecule has 0 unspecified atom stereocenters. The Bertz CT molecular complexity index is 2210. The van der Waals surface area contributed by atoms with Crippen molar-refractivity contribution in [2.75, 3.05) is 44.2 Å². The molecule has 23 N–H and O–H groups in total. The smallest absolute Gasteiger partial charge is 0.327 e. The summed E-state index contributed by atoms with van der Waals surface area (Å²) in [7, 11) is 1.86. The molecule has 0 radical (unpaired) electrons. The van der Waals surface area contributed by atoms with Crippen molar-refractivity contribution < 1.29 is 58.2 Å². The van der Waals surface area contributed by atoms with Crippen LogP contribution in [0.25, 0.3) is 0 Å². The minimum Gasteiger partial charge on any atom is -0.480 e. The maximum absolute atomic E-state index is 14.7. The van der Waals surface area contributed by atoms with Crippen LogP contribution in [0.1, 0.15) is 136 Å². The molecular formula is C56H101N15O12S2. The van der Waals surface area contributed by atoms with Gasteiger partial charge in [0, 0.05) is 17.9 Å². The van der Waals surface area contributed by atoms with Crippen LogP contribution in [-0.2, 0) is 54.4 Å². The third-order valence-electron chi connectivity index (χ3n) is 13.7. The van der Waals surface area contributed by atoms with Crippen molar-refractivity contribution >= 4 is 80.7 Å². The van der Waals surface area contributed by atoms with Gasteiger partial charge in [-0.2, -0.15) is 0 Å². The first kappa shape index (κ1) is 77.4. The molecule has 1 aliphatic rings. The number of hydrogen-bond donors (Lipinski definition) is 17. The van der Waals surface area contributed by atoms with E-state index in [1.165, 1.54) is 6.92 Å². The summed E-state index contributed by atoms with van der Waals surface area (Å²) in [5.41, 5.74) is 35.5. The number of unbranched alkanes of at least 4 members (excludes halogenated alkanes) is 5. The highest BCUT2D eigenvalue weighted by Crippen LogP contribution is 2.24. The lowest BCUT2D eigenvalue weighted by atomic mass is 9.99. The summed E-state index contributed by atoms with van der Waals surface area (Å²) in [5, 5.41) is 45.1. The molecule has 9 amide bonds. The Morgan fingerprint density at radius 3 is 1.48 bits per heavy atom. The first-order valence-corrected chi connectivity index (χ1v) is 31.8. The number of hydrogen-bond acceptors (Lipinski definition) is 19. The van der Waals surface area contributed by atoms with E-state index in [2.05, 4.69) is 47.9 Å². The number of aliphatic carboxylic acids is 1. The average Bonchev–Trinajstić information content (AvgIpc) is 3.66. The molecule has 1 saturated heterocycles. The first-order chi connectivity index (χ1) is 40.1. The van der Waals surface area contributed by atoms with Crippen LogP contribution < -0.4 is 82.3 Å². The normalized spacial score (nSPS) is 22.1. The number of nitrogens with two attached hydrogens (primary N) is 6. The van der Waals surface area contributed by atoms with Crippen molar-refractivity contribution in [2.24, 2.45) is 40.3 Å². The van der Waals surface area contributed by atoms with Crippen LogP contribution in [0.4, 0.5) is 0 Å². The van der Waals surface area contributed by atoms with Crippen LogP contribution >= 0.6 is 21.6 Å². The Hall–Kier alpha value is -5.66. The molecule has 29 heteroatoms. The van der Waals surface area contributed by atoms with Gasteiger partial charge >= 0.3 is 5.97 Å². The summed E-state index contributed by atoms with van der Waals surface area (Å²) < 4.78 is 0. The van der Waals surface area contributed by atoms with E-state index >= 15 is 0 Å². The average molecular weight is 1240 g/mol. The van der Waals surface area contributed by atoms with Crippen LogP contribution in [0.5, 0.6) is 0 Å². The molecule has 484 valence electrons. The van der Waals surface area contributed by atoms with Gasteiger partial charge in [0.15, 0.2) is 0 Å². The monoisotopic (exact) mass is 1240 g/mol. The Morgan fingerprint density at radius 1 is 0.553 bits per heavy atom. The van der Waals surface area contributed by atoms with Gasteiger partial charge in [-0.3, -0.25) is 43.2 Å².